The van der Waals surface area contributed by atoms with Crippen LogP contribution in [-0.4, -0.2) is 30.6 Å². The Hall–Kier alpha value is -0.800. The Morgan fingerprint density at radius 1 is 1.50 bits per heavy atom. The van der Waals surface area contributed by atoms with E-state index >= 15 is 0 Å². The molecule has 3 unspecified atom stereocenters. The Balaban J connectivity index is 1.69. The first-order valence-electron chi connectivity index (χ1n) is 7.17. The summed E-state index contributed by atoms with van der Waals surface area (Å²) in [5, 5.41) is 3.53. The van der Waals surface area contributed by atoms with Crippen LogP contribution in [0.5, 0.6) is 0 Å². The third-order valence-electron chi connectivity index (χ3n) is 4.10. The SMILES string of the molecule is CC1CCN(CCNC(C)c2ccco2)C(C)C1. The highest BCUT2D eigenvalue weighted by molar-refractivity contribution is 5.02. The zero-order chi connectivity index (χ0) is 13.0. The molecule has 0 bridgehead atoms. The van der Waals surface area contributed by atoms with Crippen molar-refractivity contribution in [1.82, 2.24) is 10.2 Å². The van der Waals surface area contributed by atoms with Crippen molar-refractivity contribution in [1.29, 1.82) is 0 Å². The predicted octanol–water partition coefficient (Wildman–Crippen LogP) is 3.05. The molecule has 0 amide bonds. The molecule has 3 heteroatoms. The quantitative estimate of drug-likeness (QED) is 0.870. The highest BCUT2D eigenvalue weighted by Crippen LogP contribution is 2.21. The Kier molecular flexibility index (Phi) is 4.84. The second-order valence-corrected chi connectivity index (χ2v) is 5.71. The van der Waals surface area contributed by atoms with Gasteiger partial charge in [-0.15, -0.1) is 0 Å². The molecule has 1 fully saturated rings. The summed E-state index contributed by atoms with van der Waals surface area (Å²) in [5.74, 6) is 1.92. The predicted molar refractivity (Wildman–Crippen MR) is 74.6 cm³/mol. The fourth-order valence-corrected chi connectivity index (χ4v) is 2.85. The molecule has 3 nitrogen and oxygen atoms in total. The number of nitrogens with zero attached hydrogens (tertiary/aromatic N) is 1. The van der Waals surface area contributed by atoms with Crippen LogP contribution < -0.4 is 5.32 Å². The first kappa shape index (κ1) is 13.6. The number of rotatable bonds is 5. The van der Waals surface area contributed by atoms with E-state index in [9.17, 15) is 0 Å². The molecule has 1 saturated heterocycles. The molecule has 0 aliphatic carbocycles. The van der Waals surface area contributed by atoms with Gasteiger partial charge in [-0.1, -0.05) is 6.92 Å². The van der Waals surface area contributed by atoms with E-state index in [4.69, 9.17) is 4.42 Å². The summed E-state index contributed by atoms with van der Waals surface area (Å²) in [7, 11) is 0. The number of furan rings is 1. The summed E-state index contributed by atoms with van der Waals surface area (Å²) in [4.78, 5) is 2.60. The van der Waals surface area contributed by atoms with Crippen LogP contribution >= 0.6 is 0 Å². The van der Waals surface area contributed by atoms with Gasteiger partial charge in [0.15, 0.2) is 0 Å². The van der Waals surface area contributed by atoms with Crippen molar-refractivity contribution < 1.29 is 4.42 Å². The molecule has 1 aliphatic rings. The largest absolute Gasteiger partial charge is 0.468 e. The van der Waals surface area contributed by atoms with Crippen molar-refractivity contribution in [2.24, 2.45) is 5.92 Å². The van der Waals surface area contributed by atoms with E-state index in [-0.39, 0.29) is 0 Å². The Labute approximate surface area is 111 Å². The summed E-state index contributed by atoms with van der Waals surface area (Å²) in [5.41, 5.74) is 0. The number of piperidine rings is 1. The van der Waals surface area contributed by atoms with E-state index in [0.29, 0.717) is 6.04 Å². The first-order valence-corrected chi connectivity index (χ1v) is 7.17. The van der Waals surface area contributed by atoms with Crippen LogP contribution in [0.1, 0.15) is 45.4 Å². The van der Waals surface area contributed by atoms with Gasteiger partial charge in [-0.2, -0.15) is 0 Å². The molecule has 0 aromatic carbocycles. The second kappa shape index (κ2) is 6.39. The maximum Gasteiger partial charge on any atom is 0.120 e. The minimum Gasteiger partial charge on any atom is -0.468 e. The molecule has 2 rings (SSSR count). The van der Waals surface area contributed by atoms with Gasteiger partial charge in [0.05, 0.1) is 12.3 Å². The van der Waals surface area contributed by atoms with E-state index in [1.807, 2.05) is 12.1 Å². The highest BCUT2D eigenvalue weighted by atomic mass is 16.3. The molecular formula is C15H26N2O. The van der Waals surface area contributed by atoms with Crippen LogP contribution in [0.3, 0.4) is 0 Å². The van der Waals surface area contributed by atoms with E-state index < -0.39 is 0 Å². The zero-order valence-electron chi connectivity index (χ0n) is 11.9. The molecular weight excluding hydrogens is 224 g/mol. The molecule has 2 heterocycles. The number of nitrogens with one attached hydrogen (secondary N) is 1. The standard InChI is InChI=1S/C15H26N2O/c1-12-6-8-17(13(2)11-12)9-7-16-14(3)15-5-4-10-18-15/h4-5,10,12-14,16H,6-9,11H2,1-3H3. The van der Waals surface area contributed by atoms with Crippen LogP contribution in [0.25, 0.3) is 0 Å². The third-order valence-corrected chi connectivity index (χ3v) is 4.10. The lowest BCUT2D eigenvalue weighted by molar-refractivity contribution is 0.129. The van der Waals surface area contributed by atoms with Crippen LogP contribution in [0, 0.1) is 5.92 Å². The number of hydrogen-bond donors (Lipinski definition) is 1. The Morgan fingerprint density at radius 3 is 3.00 bits per heavy atom. The molecule has 1 aromatic rings. The van der Waals surface area contributed by atoms with Crippen molar-refractivity contribution in [3.05, 3.63) is 24.2 Å². The van der Waals surface area contributed by atoms with Gasteiger partial charge in [0.25, 0.3) is 0 Å². The van der Waals surface area contributed by atoms with Crippen molar-refractivity contribution in [2.75, 3.05) is 19.6 Å². The average molecular weight is 250 g/mol. The Bertz CT molecular complexity index is 336. The van der Waals surface area contributed by atoms with Gasteiger partial charge >= 0.3 is 0 Å². The van der Waals surface area contributed by atoms with E-state index in [1.54, 1.807) is 6.26 Å². The molecule has 18 heavy (non-hydrogen) atoms. The van der Waals surface area contributed by atoms with Gasteiger partial charge in [0.2, 0.25) is 0 Å². The lowest BCUT2D eigenvalue weighted by Crippen LogP contribution is -2.43. The lowest BCUT2D eigenvalue weighted by atomic mass is 9.93. The minimum atomic E-state index is 0.305. The molecule has 3 atom stereocenters. The number of hydrogen-bond acceptors (Lipinski definition) is 3. The van der Waals surface area contributed by atoms with Crippen molar-refractivity contribution >= 4 is 0 Å². The summed E-state index contributed by atoms with van der Waals surface area (Å²) in [6, 6.07) is 5.01. The summed E-state index contributed by atoms with van der Waals surface area (Å²) in [6.07, 6.45) is 4.42. The molecule has 0 spiro atoms. The van der Waals surface area contributed by atoms with Crippen LogP contribution in [0.15, 0.2) is 22.8 Å². The minimum absolute atomic E-state index is 0.305. The molecule has 1 aromatic heterocycles. The molecule has 1 aliphatic heterocycles. The van der Waals surface area contributed by atoms with E-state index in [0.717, 1.165) is 30.8 Å². The van der Waals surface area contributed by atoms with Crippen molar-refractivity contribution in [2.45, 2.75) is 45.7 Å². The van der Waals surface area contributed by atoms with Gasteiger partial charge in [0, 0.05) is 19.1 Å². The number of likely N-dealkylation sites (tertiary alicyclic amines) is 1. The van der Waals surface area contributed by atoms with Gasteiger partial charge in [-0.25, -0.2) is 0 Å². The lowest BCUT2D eigenvalue weighted by Gasteiger charge is -2.36. The maximum absolute atomic E-state index is 5.40. The van der Waals surface area contributed by atoms with Gasteiger partial charge in [0.1, 0.15) is 5.76 Å². The molecule has 0 radical (unpaired) electrons. The zero-order valence-corrected chi connectivity index (χ0v) is 11.9. The fourth-order valence-electron chi connectivity index (χ4n) is 2.85. The van der Waals surface area contributed by atoms with Gasteiger partial charge in [-0.05, 0) is 51.3 Å². The van der Waals surface area contributed by atoms with Gasteiger partial charge < -0.3 is 9.73 Å². The normalized spacial score (nSPS) is 27.3. The summed E-state index contributed by atoms with van der Waals surface area (Å²) < 4.78 is 5.40. The van der Waals surface area contributed by atoms with E-state index in [2.05, 4.69) is 31.0 Å². The highest BCUT2D eigenvalue weighted by Gasteiger charge is 2.22. The first-order chi connectivity index (χ1) is 8.66. The fraction of sp³-hybridized carbons (Fsp3) is 0.733. The second-order valence-electron chi connectivity index (χ2n) is 5.71. The molecule has 0 saturated carbocycles. The summed E-state index contributed by atoms with van der Waals surface area (Å²) >= 11 is 0. The topological polar surface area (TPSA) is 28.4 Å². The smallest absolute Gasteiger partial charge is 0.120 e. The van der Waals surface area contributed by atoms with Crippen LogP contribution in [0.2, 0.25) is 0 Å². The summed E-state index contributed by atoms with van der Waals surface area (Å²) in [6.45, 7) is 10.3. The monoisotopic (exact) mass is 250 g/mol. The Morgan fingerprint density at radius 2 is 2.33 bits per heavy atom. The third kappa shape index (κ3) is 3.59. The maximum atomic E-state index is 5.40. The van der Waals surface area contributed by atoms with E-state index in [1.165, 1.54) is 19.4 Å². The van der Waals surface area contributed by atoms with Crippen LogP contribution in [0.4, 0.5) is 0 Å². The van der Waals surface area contributed by atoms with Crippen molar-refractivity contribution in [3.8, 4) is 0 Å². The average Bonchev–Trinajstić information content (AvgIpc) is 2.85. The van der Waals surface area contributed by atoms with Crippen LogP contribution in [-0.2, 0) is 0 Å². The van der Waals surface area contributed by atoms with Gasteiger partial charge in [-0.3, -0.25) is 4.90 Å². The van der Waals surface area contributed by atoms with Crippen molar-refractivity contribution in [3.63, 3.8) is 0 Å². The molecule has 1 N–H and O–H groups in total. The molecule has 102 valence electrons.